The van der Waals surface area contributed by atoms with Crippen LogP contribution >= 0.6 is 23.4 Å². The van der Waals surface area contributed by atoms with Gasteiger partial charge in [0.25, 0.3) is 0 Å². The average molecular weight is 493 g/mol. The molecule has 2 aliphatic heterocycles. The molecule has 4 rings (SSSR count). The summed E-state index contributed by atoms with van der Waals surface area (Å²) in [5.74, 6) is 0.104. The second-order valence-electron chi connectivity index (χ2n) is 8.13. The van der Waals surface area contributed by atoms with E-state index in [-0.39, 0.29) is 40.8 Å². The molecule has 7 nitrogen and oxygen atoms in total. The van der Waals surface area contributed by atoms with Crippen molar-refractivity contribution in [3.8, 4) is 5.75 Å². The van der Waals surface area contributed by atoms with E-state index in [1.165, 1.54) is 31.0 Å². The van der Waals surface area contributed by atoms with Crippen LogP contribution in [0, 0.1) is 11.7 Å². The molecular formula is C23H26ClFN4O3S. The van der Waals surface area contributed by atoms with Crippen molar-refractivity contribution in [2.75, 3.05) is 31.3 Å². The zero-order valence-electron chi connectivity index (χ0n) is 18.1. The Morgan fingerprint density at radius 3 is 2.82 bits per heavy atom. The predicted molar refractivity (Wildman–Crippen MR) is 128 cm³/mol. The van der Waals surface area contributed by atoms with Crippen LogP contribution in [0.25, 0.3) is 0 Å². The molecule has 0 bridgehead atoms. The standard InChI is InChI=1S/C23H26ClFN4O3S/c1-32-20-7-6-16(10-18(20)24)26-21(30)13-33-23-27-19-8-9-29(12-17(19)22(31)28-23)11-14-2-4-15(25)5-3-14/h2-7,10,17,19,23,27H,8-9,11-13H2,1H3,(H,26,30)(H,28,31). The van der Waals surface area contributed by atoms with Crippen LogP contribution in [-0.4, -0.2) is 54.2 Å². The minimum absolute atomic E-state index is 0.0117. The Kier molecular flexibility index (Phi) is 7.75. The lowest BCUT2D eigenvalue weighted by Gasteiger charge is -2.43. The fraction of sp³-hybridized carbons (Fsp3) is 0.391. The molecule has 33 heavy (non-hydrogen) atoms. The van der Waals surface area contributed by atoms with Gasteiger partial charge >= 0.3 is 0 Å². The smallest absolute Gasteiger partial charge is 0.234 e. The van der Waals surface area contributed by atoms with Gasteiger partial charge in [0.2, 0.25) is 11.8 Å². The van der Waals surface area contributed by atoms with Gasteiger partial charge in [-0.3, -0.25) is 19.8 Å². The van der Waals surface area contributed by atoms with Crippen molar-refractivity contribution in [2.24, 2.45) is 5.92 Å². The van der Waals surface area contributed by atoms with Crippen molar-refractivity contribution in [3.05, 3.63) is 58.9 Å². The molecule has 0 radical (unpaired) electrons. The minimum Gasteiger partial charge on any atom is -0.495 e. The van der Waals surface area contributed by atoms with Crippen LogP contribution in [0.15, 0.2) is 42.5 Å². The number of hydrogen-bond donors (Lipinski definition) is 3. The zero-order valence-corrected chi connectivity index (χ0v) is 19.7. The Labute approximate surface area is 201 Å². The maximum absolute atomic E-state index is 13.1. The summed E-state index contributed by atoms with van der Waals surface area (Å²) in [7, 11) is 1.53. The molecule has 2 fully saturated rings. The van der Waals surface area contributed by atoms with Crippen LogP contribution < -0.4 is 20.7 Å². The number of ether oxygens (including phenoxy) is 1. The van der Waals surface area contributed by atoms with E-state index >= 15 is 0 Å². The number of nitrogens with zero attached hydrogens (tertiary/aromatic N) is 1. The maximum Gasteiger partial charge on any atom is 0.234 e. The van der Waals surface area contributed by atoms with Crippen molar-refractivity contribution in [1.29, 1.82) is 0 Å². The van der Waals surface area contributed by atoms with Crippen molar-refractivity contribution >= 4 is 40.9 Å². The molecule has 10 heteroatoms. The number of benzene rings is 2. The number of amides is 2. The van der Waals surface area contributed by atoms with Crippen LogP contribution in [0.5, 0.6) is 5.75 Å². The Bertz CT molecular complexity index is 1010. The van der Waals surface area contributed by atoms with E-state index in [1.807, 2.05) is 0 Å². The molecular weight excluding hydrogens is 467 g/mol. The van der Waals surface area contributed by atoms with Gasteiger partial charge in [-0.2, -0.15) is 0 Å². The summed E-state index contributed by atoms with van der Waals surface area (Å²) in [6, 6.07) is 11.6. The molecule has 2 aromatic carbocycles. The van der Waals surface area contributed by atoms with Gasteiger partial charge in [0.05, 0.1) is 23.8 Å². The molecule has 2 heterocycles. The Hall–Kier alpha value is -2.33. The van der Waals surface area contributed by atoms with Crippen LogP contribution in [0.3, 0.4) is 0 Å². The van der Waals surface area contributed by atoms with Gasteiger partial charge in [0.1, 0.15) is 17.1 Å². The number of halogens is 2. The fourth-order valence-corrected chi connectivity index (χ4v) is 5.26. The monoisotopic (exact) mass is 492 g/mol. The first-order valence-electron chi connectivity index (χ1n) is 10.7. The van der Waals surface area contributed by atoms with E-state index in [2.05, 4.69) is 20.9 Å². The maximum atomic E-state index is 13.1. The molecule has 2 aliphatic rings. The Morgan fingerprint density at radius 2 is 2.09 bits per heavy atom. The molecule has 176 valence electrons. The van der Waals surface area contributed by atoms with Crippen LogP contribution in [0.4, 0.5) is 10.1 Å². The Balaban J connectivity index is 1.24. The molecule has 0 aliphatic carbocycles. The van der Waals surface area contributed by atoms with Crippen molar-refractivity contribution in [2.45, 2.75) is 24.5 Å². The van der Waals surface area contributed by atoms with Gasteiger partial charge in [-0.25, -0.2) is 4.39 Å². The zero-order chi connectivity index (χ0) is 23.4. The highest BCUT2D eigenvalue weighted by atomic mass is 35.5. The molecule has 2 aromatic rings. The Morgan fingerprint density at radius 1 is 1.30 bits per heavy atom. The van der Waals surface area contributed by atoms with Crippen LogP contribution in [-0.2, 0) is 16.1 Å². The highest BCUT2D eigenvalue weighted by molar-refractivity contribution is 8.00. The number of likely N-dealkylation sites (tertiary alicyclic amines) is 1. The van der Waals surface area contributed by atoms with E-state index in [9.17, 15) is 14.0 Å². The normalized spacial score (nSPS) is 22.9. The average Bonchev–Trinajstić information content (AvgIpc) is 2.80. The lowest BCUT2D eigenvalue weighted by atomic mass is 9.89. The number of nitrogens with one attached hydrogen (secondary N) is 3. The summed E-state index contributed by atoms with van der Waals surface area (Å²) in [4.78, 5) is 27.3. The van der Waals surface area contributed by atoms with E-state index in [4.69, 9.17) is 16.3 Å². The first kappa shape index (κ1) is 23.8. The summed E-state index contributed by atoms with van der Waals surface area (Å²) < 4.78 is 18.2. The molecule has 0 aromatic heterocycles. The predicted octanol–water partition coefficient (Wildman–Crippen LogP) is 3.05. The summed E-state index contributed by atoms with van der Waals surface area (Å²) in [6.45, 7) is 2.16. The molecule has 2 amide bonds. The second kappa shape index (κ2) is 10.7. The van der Waals surface area contributed by atoms with Gasteiger partial charge in [0, 0.05) is 31.4 Å². The molecule has 0 spiro atoms. The highest BCUT2D eigenvalue weighted by Gasteiger charge is 2.40. The number of carbonyl (C=O) groups is 2. The van der Waals surface area contributed by atoms with Gasteiger partial charge in [-0.1, -0.05) is 23.7 Å². The largest absolute Gasteiger partial charge is 0.495 e. The van der Waals surface area contributed by atoms with Crippen LogP contribution in [0.2, 0.25) is 5.02 Å². The number of methoxy groups -OCH3 is 1. The molecule has 2 saturated heterocycles. The summed E-state index contributed by atoms with van der Waals surface area (Å²) in [6.07, 6.45) is 0.826. The third kappa shape index (κ3) is 6.17. The molecule has 3 N–H and O–H groups in total. The van der Waals surface area contributed by atoms with E-state index < -0.39 is 0 Å². The summed E-state index contributed by atoms with van der Waals surface area (Å²) >= 11 is 7.44. The lowest BCUT2D eigenvalue weighted by molar-refractivity contribution is -0.130. The van der Waals surface area contributed by atoms with Gasteiger partial charge < -0.3 is 15.4 Å². The minimum atomic E-state index is -0.326. The lowest BCUT2D eigenvalue weighted by Crippen LogP contribution is -2.64. The third-order valence-corrected chi connectivity index (χ3v) is 7.12. The van der Waals surface area contributed by atoms with Gasteiger partial charge in [-0.05, 0) is 42.3 Å². The number of carbonyl (C=O) groups excluding carboxylic acids is 2. The number of anilines is 1. The van der Waals surface area contributed by atoms with Crippen LogP contribution in [0.1, 0.15) is 12.0 Å². The summed E-state index contributed by atoms with van der Waals surface area (Å²) in [5.41, 5.74) is 1.28. The molecule has 3 atom stereocenters. The number of fused-ring (bicyclic) bond motifs is 1. The second-order valence-corrected chi connectivity index (χ2v) is 9.63. The molecule has 3 unspecified atom stereocenters. The quantitative estimate of drug-likeness (QED) is 0.551. The summed E-state index contributed by atoms with van der Waals surface area (Å²) in [5, 5.41) is 9.65. The van der Waals surface area contributed by atoms with E-state index in [0.29, 0.717) is 29.5 Å². The number of thioether (sulfide) groups is 1. The fourth-order valence-electron chi connectivity index (χ4n) is 4.14. The number of hydrogen-bond acceptors (Lipinski definition) is 6. The topological polar surface area (TPSA) is 82.7 Å². The third-order valence-electron chi connectivity index (χ3n) is 5.81. The van der Waals surface area contributed by atoms with Crippen molar-refractivity contribution in [1.82, 2.24) is 15.5 Å². The first-order chi connectivity index (χ1) is 15.9. The van der Waals surface area contributed by atoms with E-state index in [0.717, 1.165) is 18.5 Å². The van der Waals surface area contributed by atoms with Crippen molar-refractivity contribution in [3.63, 3.8) is 0 Å². The van der Waals surface area contributed by atoms with Gasteiger partial charge in [-0.15, -0.1) is 11.8 Å². The number of piperidine rings is 1. The highest BCUT2D eigenvalue weighted by Crippen LogP contribution is 2.28. The van der Waals surface area contributed by atoms with E-state index in [1.54, 1.807) is 30.3 Å². The first-order valence-corrected chi connectivity index (χ1v) is 12.1. The molecule has 0 saturated carbocycles. The van der Waals surface area contributed by atoms with Crippen molar-refractivity contribution < 1.29 is 18.7 Å². The van der Waals surface area contributed by atoms with Gasteiger partial charge in [0.15, 0.2) is 0 Å². The number of rotatable bonds is 7. The SMILES string of the molecule is COc1ccc(NC(=O)CSC2NC(=O)C3CN(Cc4ccc(F)cc4)CCC3N2)cc1Cl.